The van der Waals surface area contributed by atoms with Gasteiger partial charge < -0.3 is 15.1 Å². The topological polar surface area (TPSA) is 112 Å². The monoisotopic (exact) mass is 305 g/mol. The number of hydrogen-bond donors (Lipinski definition) is 2. The fourth-order valence-electron chi connectivity index (χ4n) is 3.18. The fourth-order valence-corrected chi connectivity index (χ4v) is 5.53. The summed E-state index contributed by atoms with van der Waals surface area (Å²) >= 11 is 0. The number of aliphatic hydroxyl groups is 1. The normalized spacial score (nSPS) is 35.3. The van der Waals surface area contributed by atoms with Crippen molar-refractivity contribution in [1.82, 2.24) is 4.90 Å². The Bertz CT molecular complexity index is 554. The standard InChI is InChI=1S/C12H19NO6S/c1-4-5-6(14)7-9(15)13-8(11(16)17)12(2,3)20(18,19)10(7)13/h6-8,10,14H,4-5H2,1-3H3,(H,16,17)/t6-,7+,8-,10+/m0/s1. The van der Waals surface area contributed by atoms with Crippen molar-refractivity contribution in [3.63, 3.8) is 0 Å². The van der Waals surface area contributed by atoms with Crippen molar-refractivity contribution >= 4 is 21.7 Å². The van der Waals surface area contributed by atoms with E-state index in [0.29, 0.717) is 12.8 Å². The maximum absolute atomic E-state index is 12.5. The average Bonchev–Trinajstić information content (AvgIpc) is 2.43. The molecule has 0 saturated carbocycles. The van der Waals surface area contributed by atoms with Crippen LogP contribution in [0.15, 0.2) is 0 Å². The van der Waals surface area contributed by atoms with Crippen molar-refractivity contribution in [2.45, 2.75) is 55.9 Å². The number of carboxylic acid groups (broad SMARTS) is 1. The van der Waals surface area contributed by atoms with Crippen LogP contribution in [0.1, 0.15) is 33.6 Å². The lowest BCUT2D eigenvalue weighted by molar-refractivity contribution is -0.169. The van der Waals surface area contributed by atoms with Gasteiger partial charge in [0.05, 0.1) is 16.8 Å². The van der Waals surface area contributed by atoms with Gasteiger partial charge in [-0.05, 0) is 20.3 Å². The molecule has 20 heavy (non-hydrogen) atoms. The largest absolute Gasteiger partial charge is 0.480 e. The number of β-lactam (4-membered cyclic amide) rings is 1. The maximum Gasteiger partial charge on any atom is 0.328 e. The van der Waals surface area contributed by atoms with E-state index in [-0.39, 0.29) is 0 Å². The molecule has 2 heterocycles. The van der Waals surface area contributed by atoms with E-state index in [9.17, 15) is 28.2 Å². The Morgan fingerprint density at radius 2 is 2.00 bits per heavy atom. The van der Waals surface area contributed by atoms with Crippen molar-refractivity contribution in [3.8, 4) is 0 Å². The third kappa shape index (κ3) is 1.64. The molecule has 0 aliphatic carbocycles. The number of carbonyl (C=O) groups excluding carboxylic acids is 1. The minimum absolute atomic E-state index is 0.314. The molecule has 2 N–H and O–H groups in total. The highest BCUT2D eigenvalue weighted by Gasteiger charge is 2.73. The molecular weight excluding hydrogens is 286 g/mol. The molecule has 1 amide bonds. The van der Waals surface area contributed by atoms with E-state index in [1.807, 2.05) is 6.92 Å². The van der Waals surface area contributed by atoms with Gasteiger partial charge in [-0.1, -0.05) is 13.3 Å². The molecule has 2 saturated heterocycles. The van der Waals surface area contributed by atoms with Crippen LogP contribution in [0.2, 0.25) is 0 Å². The highest BCUT2D eigenvalue weighted by Crippen LogP contribution is 2.49. The Balaban J connectivity index is 2.45. The number of rotatable bonds is 4. The second kappa shape index (κ2) is 4.42. The number of fused-ring (bicyclic) bond motifs is 1. The predicted octanol–water partition coefficient (Wildman–Crippen LogP) is -0.408. The molecule has 0 bridgehead atoms. The molecule has 2 fully saturated rings. The molecule has 0 unspecified atom stereocenters. The molecule has 114 valence electrons. The second-order valence-corrected chi connectivity index (χ2v) is 8.53. The molecule has 0 spiro atoms. The van der Waals surface area contributed by atoms with Gasteiger partial charge in [0.15, 0.2) is 9.84 Å². The van der Waals surface area contributed by atoms with Gasteiger partial charge in [-0.3, -0.25) is 4.79 Å². The van der Waals surface area contributed by atoms with Crippen LogP contribution in [0.4, 0.5) is 0 Å². The van der Waals surface area contributed by atoms with Gasteiger partial charge in [0.25, 0.3) is 0 Å². The van der Waals surface area contributed by atoms with Crippen LogP contribution in [0, 0.1) is 5.92 Å². The van der Waals surface area contributed by atoms with Gasteiger partial charge in [-0.15, -0.1) is 0 Å². The summed E-state index contributed by atoms with van der Waals surface area (Å²) in [5.74, 6) is -2.96. The summed E-state index contributed by atoms with van der Waals surface area (Å²) in [6.07, 6.45) is -0.121. The third-order valence-electron chi connectivity index (χ3n) is 4.34. The van der Waals surface area contributed by atoms with Crippen molar-refractivity contribution in [2.24, 2.45) is 5.92 Å². The molecule has 0 aromatic carbocycles. The van der Waals surface area contributed by atoms with Gasteiger partial charge in [0, 0.05) is 0 Å². The summed E-state index contributed by atoms with van der Waals surface area (Å²) in [5, 5.41) is 18.0. The van der Waals surface area contributed by atoms with Crippen LogP contribution < -0.4 is 0 Å². The lowest BCUT2D eigenvalue weighted by Gasteiger charge is -2.44. The first kappa shape index (κ1) is 15.2. The van der Waals surface area contributed by atoms with E-state index in [0.717, 1.165) is 4.90 Å². The minimum atomic E-state index is -3.84. The summed E-state index contributed by atoms with van der Waals surface area (Å²) in [5.41, 5.74) is 0. The molecule has 2 aliphatic heterocycles. The number of carboxylic acids is 1. The Hall–Kier alpha value is -1.15. The van der Waals surface area contributed by atoms with E-state index >= 15 is 0 Å². The van der Waals surface area contributed by atoms with Crippen LogP contribution in [0.5, 0.6) is 0 Å². The predicted molar refractivity (Wildman–Crippen MR) is 69.5 cm³/mol. The first-order valence-electron chi connectivity index (χ1n) is 6.55. The number of nitrogens with zero attached hydrogens (tertiary/aromatic N) is 1. The summed E-state index contributed by atoms with van der Waals surface area (Å²) in [4.78, 5) is 24.3. The van der Waals surface area contributed by atoms with Gasteiger partial charge in [-0.2, -0.15) is 0 Å². The molecule has 2 rings (SSSR count). The summed E-state index contributed by atoms with van der Waals surface area (Å²) in [6.45, 7) is 4.45. The second-order valence-electron chi connectivity index (χ2n) is 5.91. The van der Waals surface area contributed by atoms with Crippen molar-refractivity contribution < 1.29 is 28.2 Å². The summed E-state index contributed by atoms with van der Waals surface area (Å²) in [6, 6.07) is -1.39. The van der Waals surface area contributed by atoms with E-state index in [1.54, 1.807) is 0 Å². The van der Waals surface area contributed by atoms with Gasteiger partial charge >= 0.3 is 5.97 Å². The van der Waals surface area contributed by atoms with E-state index in [4.69, 9.17) is 0 Å². The highest BCUT2D eigenvalue weighted by molar-refractivity contribution is 7.93. The molecule has 0 aromatic heterocycles. The van der Waals surface area contributed by atoms with Gasteiger partial charge in [0.2, 0.25) is 5.91 Å². The number of carbonyl (C=O) groups is 2. The summed E-state index contributed by atoms with van der Waals surface area (Å²) in [7, 11) is -3.84. The minimum Gasteiger partial charge on any atom is -0.480 e. The zero-order valence-electron chi connectivity index (χ0n) is 11.6. The molecule has 0 radical (unpaired) electrons. The molecule has 2 aliphatic rings. The third-order valence-corrected chi connectivity index (χ3v) is 7.19. The van der Waals surface area contributed by atoms with Crippen LogP contribution >= 0.6 is 0 Å². The van der Waals surface area contributed by atoms with E-state index in [2.05, 4.69) is 0 Å². The number of aliphatic carboxylic acids is 1. The van der Waals surface area contributed by atoms with E-state index < -0.39 is 49.9 Å². The zero-order chi connectivity index (χ0) is 15.5. The van der Waals surface area contributed by atoms with Gasteiger partial charge in [0.1, 0.15) is 11.4 Å². The summed E-state index contributed by atoms with van der Waals surface area (Å²) < 4.78 is 23.4. The maximum atomic E-state index is 12.5. The van der Waals surface area contributed by atoms with Crippen molar-refractivity contribution in [3.05, 3.63) is 0 Å². The average molecular weight is 305 g/mol. The number of hydrogen-bond acceptors (Lipinski definition) is 5. The lowest BCUT2D eigenvalue weighted by Crippen LogP contribution is -2.66. The molecule has 0 aromatic rings. The first-order chi connectivity index (χ1) is 9.09. The Labute approximate surface area is 117 Å². The molecule has 7 nitrogen and oxygen atoms in total. The van der Waals surface area contributed by atoms with E-state index in [1.165, 1.54) is 13.8 Å². The first-order valence-corrected chi connectivity index (χ1v) is 8.10. The Kier molecular flexibility index (Phi) is 3.37. The fraction of sp³-hybridized carbons (Fsp3) is 0.833. The number of sulfone groups is 1. The van der Waals surface area contributed by atoms with Crippen molar-refractivity contribution in [2.75, 3.05) is 0 Å². The van der Waals surface area contributed by atoms with Crippen LogP contribution in [-0.2, 0) is 19.4 Å². The van der Waals surface area contributed by atoms with Crippen LogP contribution in [0.25, 0.3) is 0 Å². The Morgan fingerprint density at radius 3 is 2.45 bits per heavy atom. The zero-order valence-corrected chi connectivity index (χ0v) is 12.4. The highest BCUT2D eigenvalue weighted by atomic mass is 32.2. The Morgan fingerprint density at radius 1 is 1.45 bits per heavy atom. The smallest absolute Gasteiger partial charge is 0.328 e. The molecular formula is C12H19NO6S. The molecule has 8 heteroatoms. The lowest BCUT2D eigenvalue weighted by atomic mass is 9.86. The van der Waals surface area contributed by atoms with Gasteiger partial charge in [-0.25, -0.2) is 13.2 Å². The number of aliphatic hydroxyl groups excluding tert-OH is 1. The molecule has 4 atom stereocenters. The quantitative estimate of drug-likeness (QED) is 0.683. The van der Waals surface area contributed by atoms with Crippen LogP contribution in [0.3, 0.4) is 0 Å². The SMILES string of the molecule is CCC[C@H](O)[C@@H]1C(=O)N2[C@@H](C(=O)O)C(C)(C)S(=O)(=O)[C@H]12. The number of amides is 1. The van der Waals surface area contributed by atoms with Crippen molar-refractivity contribution in [1.29, 1.82) is 0 Å². The van der Waals surface area contributed by atoms with Crippen LogP contribution in [-0.4, -0.2) is 57.7 Å².